The van der Waals surface area contributed by atoms with Crippen molar-refractivity contribution in [3.63, 3.8) is 0 Å². The van der Waals surface area contributed by atoms with Crippen LogP contribution in [0.3, 0.4) is 0 Å². The summed E-state index contributed by atoms with van der Waals surface area (Å²) >= 11 is 0. The van der Waals surface area contributed by atoms with Gasteiger partial charge < -0.3 is 9.64 Å². The highest BCUT2D eigenvalue weighted by Gasteiger charge is 2.44. The Bertz CT molecular complexity index is 690. The lowest BCUT2D eigenvalue weighted by Crippen LogP contribution is -2.48. The van der Waals surface area contributed by atoms with Crippen molar-refractivity contribution in [3.8, 4) is 5.75 Å². The Kier molecular flexibility index (Phi) is 3.92. The molecule has 2 saturated heterocycles. The number of hydrogen-bond donors (Lipinski definition) is 0. The Morgan fingerprint density at radius 1 is 1.08 bits per heavy atom. The molecule has 2 aromatic rings. The number of halogens is 1. The highest BCUT2D eigenvalue weighted by Crippen LogP contribution is 2.40. The Morgan fingerprint density at radius 2 is 1.71 bits per heavy atom. The number of carbonyl (C=O) groups is 1. The van der Waals surface area contributed by atoms with E-state index in [0.29, 0.717) is 5.75 Å². The third-order valence-corrected chi connectivity index (χ3v) is 4.94. The second kappa shape index (κ2) is 6.22. The SMILES string of the molecule is O=C(COc1ccc(F)cc1)N1C2CCC1CC(n1nccn1)C2. The molecule has 0 N–H and O–H groups in total. The number of benzene rings is 1. The van der Waals surface area contributed by atoms with E-state index in [1.54, 1.807) is 17.2 Å². The molecule has 0 spiro atoms. The van der Waals surface area contributed by atoms with Crippen LogP contribution in [0.25, 0.3) is 0 Å². The lowest BCUT2D eigenvalue weighted by molar-refractivity contribution is -0.138. The number of rotatable bonds is 4. The van der Waals surface area contributed by atoms with Crippen LogP contribution in [0.5, 0.6) is 5.75 Å². The normalized spacial score (nSPS) is 25.7. The maximum absolute atomic E-state index is 12.9. The molecule has 126 valence electrons. The van der Waals surface area contributed by atoms with Crippen LogP contribution in [-0.4, -0.2) is 44.5 Å². The third-order valence-electron chi connectivity index (χ3n) is 4.94. The minimum atomic E-state index is -0.318. The van der Waals surface area contributed by atoms with E-state index >= 15 is 0 Å². The van der Waals surface area contributed by atoms with E-state index in [9.17, 15) is 9.18 Å². The summed E-state index contributed by atoms with van der Waals surface area (Å²) < 4.78 is 18.4. The van der Waals surface area contributed by atoms with E-state index < -0.39 is 0 Å². The van der Waals surface area contributed by atoms with Gasteiger partial charge in [0, 0.05) is 12.1 Å². The molecule has 2 unspecified atom stereocenters. The first kappa shape index (κ1) is 15.1. The van der Waals surface area contributed by atoms with Crippen molar-refractivity contribution >= 4 is 5.91 Å². The predicted octanol–water partition coefficient (Wildman–Crippen LogP) is 2.19. The van der Waals surface area contributed by atoms with Crippen LogP contribution in [0.2, 0.25) is 0 Å². The standard InChI is InChI=1S/C17H19FN4O2/c18-12-1-5-16(6-2-12)24-11-17(23)21-13-3-4-14(21)10-15(9-13)22-19-7-8-20-22/h1-2,5-8,13-15H,3-4,9-11H2. The molecule has 24 heavy (non-hydrogen) atoms. The van der Waals surface area contributed by atoms with Crippen molar-refractivity contribution in [2.24, 2.45) is 0 Å². The maximum Gasteiger partial charge on any atom is 0.261 e. The summed E-state index contributed by atoms with van der Waals surface area (Å²) in [7, 11) is 0. The first-order valence-corrected chi connectivity index (χ1v) is 8.26. The Hall–Kier alpha value is -2.44. The zero-order valence-electron chi connectivity index (χ0n) is 13.2. The molecule has 7 heteroatoms. The molecule has 2 aliphatic rings. The van der Waals surface area contributed by atoms with E-state index in [-0.39, 0.29) is 36.5 Å². The van der Waals surface area contributed by atoms with Crippen molar-refractivity contribution in [1.82, 2.24) is 19.9 Å². The van der Waals surface area contributed by atoms with E-state index in [0.717, 1.165) is 25.7 Å². The molecule has 2 aliphatic heterocycles. The largest absolute Gasteiger partial charge is 0.484 e. The number of piperidine rings is 1. The molecular formula is C17H19FN4O2. The molecule has 1 aromatic carbocycles. The molecule has 2 fully saturated rings. The number of carbonyl (C=O) groups excluding carboxylic acids is 1. The lowest BCUT2D eigenvalue weighted by Gasteiger charge is -2.38. The highest BCUT2D eigenvalue weighted by molar-refractivity contribution is 5.79. The second-order valence-corrected chi connectivity index (χ2v) is 6.40. The first-order valence-electron chi connectivity index (χ1n) is 8.26. The molecule has 2 bridgehead atoms. The fourth-order valence-electron chi connectivity index (χ4n) is 3.91. The van der Waals surface area contributed by atoms with Gasteiger partial charge in [0.2, 0.25) is 0 Å². The fraction of sp³-hybridized carbons (Fsp3) is 0.471. The predicted molar refractivity (Wildman–Crippen MR) is 83.8 cm³/mol. The topological polar surface area (TPSA) is 60.2 Å². The van der Waals surface area contributed by atoms with Gasteiger partial charge in [0.1, 0.15) is 11.6 Å². The smallest absolute Gasteiger partial charge is 0.261 e. The number of aromatic nitrogens is 3. The van der Waals surface area contributed by atoms with E-state index in [1.165, 1.54) is 24.3 Å². The molecule has 2 atom stereocenters. The summed E-state index contributed by atoms with van der Waals surface area (Å²) in [6.45, 7) is -0.0106. The zero-order valence-corrected chi connectivity index (χ0v) is 13.2. The van der Waals surface area contributed by atoms with Gasteiger partial charge in [-0.2, -0.15) is 15.0 Å². The van der Waals surface area contributed by atoms with Gasteiger partial charge in [-0.3, -0.25) is 4.79 Å². The van der Waals surface area contributed by atoms with Crippen molar-refractivity contribution in [1.29, 1.82) is 0 Å². The van der Waals surface area contributed by atoms with Gasteiger partial charge in [0.15, 0.2) is 6.61 Å². The van der Waals surface area contributed by atoms with Gasteiger partial charge in [-0.15, -0.1) is 0 Å². The number of ether oxygens (including phenoxy) is 1. The first-order chi connectivity index (χ1) is 11.7. The zero-order chi connectivity index (χ0) is 16.5. The third kappa shape index (κ3) is 2.86. The molecule has 4 rings (SSSR count). The summed E-state index contributed by atoms with van der Waals surface area (Å²) in [5, 5.41) is 8.47. The summed E-state index contributed by atoms with van der Waals surface area (Å²) in [4.78, 5) is 16.3. The Morgan fingerprint density at radius 3 is 2.33 bits per heavy atom. The summed E-state index contributed by atoms with van der Waals surface area (Å²) in [5.74, 6) is 0.187. The van der Waals surface area contributed by atoms with Gasteiger partial charge >= 0.3 is 0 Å². The highest BCUT2D eigenvalue weighted by atomic mass is 19.1. The average molecular weight is 330 g/mol. The quantitative estimate of drug-likeness (QED) is 0.862. The van der Waals surface area contributed by atoms with Crippen LogP contribution < -0.4 is 4.74 Å². The van der Waals surface area contributed by atoms with Gasteiger partial charge in [-0.1, -0.05) is 0 Å². The molecule has 1 aromatic heterocycles. The summed E-state index contributed by atoms with van der Waals surface area (Å²) in [6, 6.07) is 6.44. The number of hydrogen-bond acceptors (Lipinski definition) is 4. The average Bonchev–Trinajstić information content (AvgIpc) is 3.21. The summed E-state index contributed by atoms with van der Waals surface area (Å²) in [5.41, 5.74) is 0. The van der Waals surface area contributed by atoms with E-state index in [4.69, 9.17) is 4.74 Å². The molecular weight excluding hydrogens is 311 g/mol. The number of nitrogens with zero attached hydrogens (tertiary/aromatic N) is 4. The van der Waals surface area contributed by atoms with Gasteiger partial charge in [0.05, 0.1) is 18.4 Å². The Labute approximate surface area is 139 Å². The fourth-order valence-corrected chi connectivity index (χ4v) is 3.91. The van der Waals surface area contributed by atoms with Crippen molar-refractivity contribution in [2.45, 2.75) is 43.8 Å². The van der Waals surface area contributed by atoms with Crippen LogP contribution in [0, 0.1) is 5.82 Å². The molecule has 0 radical (unpaired) electrons. The van der Waals surface area contributed by atoms with Crippen LogP contribution in [0.4, 0.5) is 4.39 Å². The number of amides is 1. The van der Waals surface area contributed by atoms with Crippen LogP contribution in [0.15, 0.2) is 36.7 Å². The minimum absolute atomic E-state index is 0.00120. The van der Waals surface area contributed by atoms with Crippen LogP contribution in [-0.2, 0) is 4.79 Å². The molecule has 0 aliphatic carbocycles. The number of fused-ring (bicyclic) bond motifs is 2. The maximum atomic E-state index is 12.9. The van der Waals surface area contributed by atoms with Gasteiger partial charge in [-0.25, -0.2) is 4.39 Å². The van der Waals surface area contributed by atoms with E-state index in [2.05, 4.69) is 10.2 Å². The molecule has 1 amide bonds. The van der Waals surface area contributed by atoms with Crippen LogP contribution >= 0.6 is 0 Å². The van der Waals surface area contributed by atoms with E-state index in [1.807, 2.05) is 4.90 Å². The minimum Gasteiger partial charge on any atom is -0.484 e. The molecule has 3 heterocycles. The van der Waals surface area contributed by atoms with Gasteiger partial charge in [0.25, 0.3) is 5.91 Å². The molecule has 0 saturated carbocycles. The lowest BCUT2D eigenvalue weighted by atomic mass is 9.98. The van der Waals surface area contributed by atoms with Crippen molar-refractivity contribution in [2.75, 3.05) is 6.61 Å². The van der Waals surface area contributed by atoms with Crippen molar-refractivity contribution < 1.29 is 13.9 Å². The monoisotopic (exact) mass is 330 g/mol. The van der Waals surface area contributed by atoms with Crippen molar-refractivity contribution in [3.05, 3.63) is 42.5 Å². The Balaban J connectivity index is 1.38. The molecule has 6 nitrogen and oxygen atoms in total. The van der Waals surface area contributed by atoms with Crippen LogP contribution in [0.1, 0.15) is 31.7 Å². The second-order valence-electron chi connectivity index (χ2n) is 6.40. The van der Waals surface area contributed by atoms with Gasteiger partial charge in [-0.05, 0) is 49.9 Å². The summed E-state index contributed by atoms with van der Waals surface area (Å²) in [6.07, 6.45) is 7.18.